The molecule has 0 saturated heterocycles. The third kappa shape index (κ3) is 4.04. The van der Waals surface area contributed by atoms with Crippen LogP contribution in [0.15, 0.2) is 72.8 Å². The van der Waals surface area contributed by atoms with Crippen LogP contribution in [0, 0.1) is 0 Å². The van der Waals surface area contributed by atoms with Crippen LogP contribution in [0.5, 0.6) is 0 Å². The van der Waals surface area contributed by atoms with Gasteiger partial charge in [-0.2, -0.15) is 0 Å². The van der Waals surface area contributed by atoms with E-state index in [-0.39, 0.29) is 6.10 Å². The Balaban J connectivity index is 1.82. The molecule has 0 radical (unpaired) electrons. The molecule has 3 aromatic rings. The minimum atomic E-state index is -0.279. The van der Waals surface area contributed by atoms with E-state index in [4.69, 9.17) is 0 Å². The molecule has 24 heavy (non-hydrogen) atoms. The highest BCUT2D eigenvalue weighted by Gasteiger charge is 2.18. The van der Waals surface area contributed by atoms with Crippen molar-refractivity contribution in [2.75, 3.05) is 0 Å². The smallest absolute Gasteiger partial charge is 0.0517 e. The Kier molecular flexibility index (Phi) is 5.32. The van der Waals surface area contributed by atoms with E-state index >= 15 is 0 Å². The molecule has 1 heteroatoms. The minimum Gasteiger partial charge on any atom is -0.393 e. The first-order chi connectivity index (χ1) is 11.6. The summed E-state index contributed by atoms with van der Waals surface area (Å²) < 4.78 is 0. The average molecular weight is 318 g/mol. The second-order valence-corrected chi connectivity index (χ2v) is 6.94. The Hall–Kier alpha value is -2.12. The molecule has 3 aromatic carbocycles. The zero-order chi connectivity index (χ0) is 16.9. The van der Waals surface area contributed by atoms with Gasteiger partial charge in [0, 0.05) is 0 Å². The Morgan fingerprint density at radius 3 is 2.08 bits per heavy atom. The second-order valence-electron chi connectivity index (χ2n) is 6.94. The van der Waals surface area contributed by atoms with Gasteiger partial charge in [0.15, 0.2) is 0 Å². The van der Waals surface area contributed by atoms with Crippen molar-refractivity contribution in [1.29, 1.82) is 0 Å². The molecule has 0 bridgehead atoms. The molecule has 124 valence electrons. The van der Waals surface area contributed by atoms with Gasteiger partial charge in [-0.15, -0.1) is 0 Å². The summed E-state index contributed by atoms with van der Waals surface area (Å²) in [6.45, 7) is 4.18. The fraction of sp³-hybridized carbons (Fsp3) is 0.304. The predicted molar refractivity (Wildman–Crippen MR) is 102 cm³/mol. The molecule has 3 rings (SSSR count). The van der Waals surface area contributed by atoms with Gasteiger partial charge >= 0.3 is 0 Å². The molecule has 1 nitrogen and oxygen atoms in total. The highest BCUT2D eigenvalue weighted by molar-refractivity contribution is 5.83. The lowest BCUT2D eigenvalue weighted by Crippen LogP contribution is -2.11. The zero-order valence-corrected chi connectivity index (χ0v) is 14.5. The topological polar surface area (TPSA) is 20.2 Å². The number of rotatable bonds is 6. The summed E-state index contributed by atoms with van der Waals surface area (Å²) in [5.41, 5.74) is 2.70. The van der Waals surface area contributed by atoms with E-state index in [0.29, 0.717) is 11.8 Å². The summed E-state index contributed by atoms with van der Waals surface area (Å²) in [5.74, 6) is 0.839. The lowest BCUT2D eigenvalue weighted by Gasteiger charge is -2.23. The fourth-order valence-electron chi connectivity index (χ4n) is 3.58. The highest BCUT2D eigenvalue weighted by atomic mass is 16.3. The molecule has 0 heterocycles. The molecule has 0 aromatic heterocycles. The van der Waals surface area contributed by atoms with Gasteiger partial charge < -0.3 is 5.11 Å². The van der Waals surface area contributed by atoms with Crippen LogP contribution < -0.4 is 0 Å². The summed E-state index contributed by atoms with van der Waals surface area (Å²) in [6, 6.07) is 25.9. The molecule has 0 saturated carbocycles. The third-order valence-electron chi connectivity index (χ3n) is 4.88. The van der Waals surface area contributed by atoms with Crippen molar-refractivity contribution in [2.45, 2.75) is 44.6 Å². The molecule has 0 fully saturated rings. The van der Waals surface area contributed by atoms with Crippen LogP contribution in [0.3, 0.4) is 0 Å². The molecule has 0 aliphatic heterocycles. The van der Waals surface area contributed by atoms with E-state index in [1.54, 1.807) is 0 Å². The zero-order valence-electron chi connectivity index (χ0n) is 14.5. The fourth-order valence-corrected chi connectivity index (χ4v) is 3.58. The Morgan fingerprint density at radius 2 is 1.38 bits per heavy atom. The summed E-state index contributed by atoms with van der Waals surface area (Å²) in [4.78, 5) is 0. The molecular formula is C23H26O. The number of benzene rings is 3. The van der Waals surface area contributed by atoms with Crippen LogP contribution >= 0.6 is 0 Å². The molecule has 0 amide bonds. The van der Waals surface area contributed by atoms with Crippen molar-refractivity contribution in [2.24, 2.45) is 0 Å². The lowest BCUT2D eigenvalue weighted by molar-refractivity contribution is 0.171. The maximum absolute atomic E-state index is 9.91. The quantitative estimate of drug-likeness (QED) is 0.601. The second kappa shape index (κ2) is 7.63. The van der Waals surface area contributed by atoms with Gasteiger partial charge in [-0.05, 0) is 53.5 Å². The molecule has 0 aliphatic carbocycles. The first kappa shape index (κ1) is 16.7. The summed E-state index contributed by atoms with van der Waals surface area (Å²) in [6.07, 6.45) is 1.58. The summed E-state index contributed by atoms with van der Waals surface area (Å²) in [5, 5.41) is 12.5. The molecular weight excluding hydrogens is 292 g/mol. The van der Waals surface area contributed by atoms with Crippen molar-refractivity contribution in [1.82, 2.24) is 0 Å². The summed E-state index contributed by atoms with van der Waals surface area (Å²) in [7, 11) is 0. The normalized spacial score (nSPS) is 15.1. The van der Waals surface area contributed by atoms with Crippen LogP contribution in [0.1, 0.15) is 49.7 Å². The maximum atomic E-state index is 9.91. The van der Waals surface area contributed by atoms with Gasteiger partial charge in [0.2, 0.25) is 0 Å². The van der Waals surface area contributed by atoms with Gasteiger partial charge in [0.1, 0.15) is 0 Å². The van der Waals surface area contributed by atoms with Crippen molar-refractivity contribution in [3.63, 3.8) is 0 Å². The van der Waals surface area contributed by atoms with E-state index in [0.717, 1.165) is 12.8 Å². The number of hydrogen-bond donors (Lipinski definition) is 1. The Labute approximate surface area is 145 Å². The average Bonchev–Trinajstić information content (AvgIpc) is 2.61. The van der Waals surface area contributed by atoms with Crippen LogP contribution in [0.4, 0.5) is 0 Å². The third-order valence-corrected chi connectivity index (χ3v) is 4.88. The number of aliphatic hydroxyl groups is 1. The van der Waals surface area contributed by atoms with E-state index in [9.17, 15) is 5.11 Å². The standard InChI is InChI=1S/C23H26O/c1-17(21-13-12-20-10-6-7-11-22(20)16-21)14-23(15-18(2)24)19-8-4-3-5-9-19/h3-13,16-18,23-24H,14-15H2,1-2H3/t17-,18+,23+/m0/s1. The molecule has 0 aliphatic rings. The highest BCUT2D eigenvalue weighted by Crippen LogP contribution is 2.33. The lowest BCUT2D eigenvalue weighted by atomic mass is 9.83. The number of hydrogen-bond acceptors (Lipinski definition) is 1. The van der Waals surface area contributed by atoms with E-state index < -0.39 is 0 Å². The van der Waals surface area contributed by atoms with Gasteiger partial charge in [0.25, 0.3) is 0 Å². The Bertz CT molecular complexity index is 776. The first-order valence-corrected chi connectivity index (χ1v) is 8.85. The molecule has 0 unspecified atom stereocenters. The first-order valence-electron chi connectivity index (χ1n) is 8.85. The Morgan fingerprint density at radius 1 is 0.708 bits per heavy atom. The van der Waals surface area contributed by atoms with Crippen LogP contribution in [-0.4, -0.2) is 11.2 Å². The van der Waals surface area contributed by atoms with E-state index in [1.165, 1.54) is 21.9 Å². The van der Waals surface area contributed by atoms with Gasteiger partial charge in [0.05, 0.1) is 6.10 Å². The van der Waals surface area contributed by atoms with Crippen LogP contribution in [0.25, 0.3) is 10.8 Å². The molecule has 0 spiro atoms. The number of fused-ring (bicyclic) bond motifs is 1. The van der Waals surface area contributed by atoms with Crippen molar-refractivity contribution >= 4 is 10.8 Å². The van der Waals surface area contributed by atoms with Crippen LogP contribution in [0.2, 0.25) is 0 Å². The largest absolute Gasteiger partial charge is 0.393 e. The van der Waals surface area contributed by atoms with Gasteiger partial charge in [-0.25, -0.2) is 0 Å². The van der Waals surface area contributed by atoms with E-state index in [1.807, 2.05) is 6.92 Å². The molecule has 1 N–H and O–H groups in total. The van der Waals surface area contributed by atoms with E-state index in [2.05, 4.69) is 79.7 Å². The van der Waals surface area contributed by atoms with Crippen LogP contribution in [-0.2, 0) is 0 Å². The minimum absolute atomic E-state index is 0.279. The van der Waals surface area contributed by atoms with Gasteiger partial charge in [-0.1, -0.05) is 79.7 Å². The predicted octanol–water partition coefficient (Wildman–Crippen LogP) is 5.89. The van der Waals surface area contributed by atoms with Crippen molar-refractivity contribution < 1.29 is 5.11 Å². The summed E-state index contributed by atoms with van der Waals surface area (Å²) >= 11 is 0. The molecule has 3 atom stereocenters. The monoisotopic (exact) mass is 318 g/mol. The van der Waals surface area contributed by atoms with Crippen molar-refractivity contribution in [3.8, 4) is 0 Å². The van der Waals surface area contributed by atoms with Crippen molar-refractivity contribution in [3.05, 3.63) is 83.9 Å². The number of aliphatic hydroxyl groups excluding tert-OH is 1. The maximum Gasteiger partial charge on any atom is 0.0517 e. The van der Waals surface area contributed by atoms with Gasteiger partial charge in [-0.3, -0.25) is 0 Å². The SMILES string of the molecule is C[C@@H](O)C[C@@H](C[C@H](C)c1ccc2ccccc2c1)c1ccccc1.